The molecule has 4 atom stereocenters. The summed E-state index contributed by atoms with van der Waals surface area (Å²) in [6, 6.07) is 34.8. The van der Waals surface area contributed by atoms with Crippen molar-refractivity contribution >= 4 is 27.9 Å². The summed E-state index contributed by atoms with van der Waals surface area (Å²) in [6.45, 7) is 13.0. The lowest BCUT2D eigenvalue weighted by molar-refractivity contribution is 0.101. The van der Waals surface area contributed by atoms with E-state index in [9.17, 15) is 14.9 Å². The Morgan fingerprint density at radius 2 is 1.03 bits per heavy atom. The standard InChI is InChI=1S/C27H35N5O.C27H32N4O/c1-19-10-8-11-20(2)31(19)16-6-3-7-17-32-24-15-5-4-14-23(24)30-25(27(32)33)21-12-9-13-22(18-21)26(28)29;1-20-10-8-11-21(2)30(20)16-6-3-7-17-31-25-15-5-4-14-24(25)29-26(27(31)32)23-13-9-12-22(18-23)19-28/h4-5,9,12-15,18-20H,3,6-8,10-11,16-17H2,1-2H3,(H3,28,29);4-5,9,12-15,18,20-21H,3,6-8,10-11,16-17H2,1-2H3/t19-,20+;. The molecule has 2 aliphatic heterocycles. The summed E-state index contributed by atoms with van der Waals surface area (Å²) in [4.78, 5) is 41.5. The zero-order chi connectivity index (χ0) is 45.9. The highest BCUT2D eigenvalue weighted by atomic mass is 16.1. The van der Waals surface area contributed by atoms with Gasteiger partial charge in [-0.25, -0.2) is 9.97 Å². The number of aromatic nitrogens is 4. The number of para-hydroxylation sites is 4. The monoisotopic (exact) mass is 874 g/mol. The van der Waals surface area contributed by atoms with Crippen molar-refractivity contribution in [1.29, 1.82) is 10.7 Å². The Morgan fingerprint density at radius 3 is 1.49 bits per heavy atom. The van der Waals surface area contributed by atoms with Crippen LogP contribution in [0.1, 0.15) is 116 Å². The number of hydrogen-bond acceptors (Lipinski definition) is 8. The Bertz CT molecular complexity index is 2710. The molecule has 4 heterocycles. The number of rotatable bonds is 15. The van der Waals surface area contributed by atoms with Crippen molar-refractivity contribution in [1.82, 2.24) is 28.9 Å². The van der Waals surface area contributed by atoms with Crippen LogP contribution in [0.25, 0.3) is 44.6 Å². The Balaban J connectivity index is 0.000000194. The van der Waals surface area contributed by atoms with Gasteiger partial charge in [-0.3, -0.25) is 24.8 Å². The number of likely N-dealkylation sites (tertiary alicyclic amines) is 2. The third-order valence-corrected chi connectivity index (χ3v) is 13.8. The van der Waals surface area contributed by atoms with Crippen LogP contribution in [0.4, 0.5) is 0 Å². The number of hydrogen-bond donors (Lipinski definition) is 2. The number of fused-ring (bicyclic) bond motifs is 2. The highest BCUT2D eigenvalue weighted by molar-refractivity contribution is 5.96. The smallest absolute Gasteiger partial charge is 0.277 e. The molecular formula is C54H67N9O2. The van der Waals surface area contributed by atoms with Crippen molar-refractivity contribution in [3.05, 3.63) is 129 Å². The third kappa shape index (κ3) is 11.5. The second-order valence-electron chi connectivity index (χ2n) is 18.4. The molecule has 3 N–H and O–H groups in total. The van der Waals surface area contributed by atoms with E-state index in [0.29, 0.717) is 70.9 Å². The van der Waals surface area contributed by atoms with Crippen LogP contribution in [-0.2, 0) is 13.1 Å². The number of unbranched alkanes of at least 4 members (excludes halogenated alkanes) is 4. The first-order valence-electron chi connectivity index (χ1n) is 24.0. The molecule has 2 saturated heterocycles. The van der Waals surface area contributed by atoms with E-state index in [1.807, 2.05) is 75.9 Å². The molecule has 2 unspecified atom stereocenters. The number of piperidine rings is 2. The SMILES string of the molecule is CC1CCCC(C)N1CCCCCn1c(=O)c(-c2cccc(C#N)c2)nc2ccccc21.C[C@@H]1CCC[C@H](C)N1CCCCCn1c(=O)c(-c2cccc(C(=N)N)c2)nc2ccccc21. The minimum Gasteiger partial charge on any atom is -0.384 e. The van der Waals surface area contributed by atoms with E-state index in [1.165, 1.54) is 38.5 Å². The molecule has 2 fully saturated rings. The van der Waals surface area contributed by atoms with Gasteiger partial charge in [0.1, 0.15) is 17.2 Å². The van der Waals surface area contributed by atoms with Gasteiger partial charge in [-0.15, -0.1) is 0 Å². The molecule has 0 aliphatic carbocycles. The summed E-state index contributed by atoms with van der Waals surface area (Å²) in [5, 5.41) is 17.0. The van der Waals surface area contributed by atoms with Crippen LogP contribution in [-0.4, -0.2) is 72.0 Å². The van der Waals surface area contributed by atoms with Crippen LogP contribution < -0.4 is 16.9 Å². The van der Waals surface area contributed by atoms with E-state index < -0.39 is 0 Å². The summed E-state index contributed by atoms with van der Waals surface area (Å²) < 4.78 is 3.73. The van der Waals surface area contributed by atoms with Gasteiger partial charge >= 0.3 is 0 Å². The van der Waals surface area contributed by atoms with Crippen LogP contribution in [0.15, 0.2) is 107 Å². The van der Waals surface area contributed by atoms with E-state index in [-0.39, 0.29) is 17.0 Å². The fraction of sp³-hybridized carbons (Fsp3) is 0.444. The summed E-state index contributed by atoms with van der Waals surface area (Å²) in [5.74, 6) is -0.0182. The molecule has 0 saturated carbocycles. The van der Waals surface area contributed by atoms with Crippen LogP contribution in [0.3, 0.4) is 0 Å². The molecule has 11 heteroatoms. The van der Waals surface area contributed by atoms with Gasteiger partial charge in [-0.1, -0.05) is 80.3 Å². The van der Waals surface area contributed by atoms with Crippen molar-refractivity contribution < 1.29 is 0 Å². The number of amidine groups is 1. The first kappa shape index (κ1) is 47.0. The number of aryl methyl sites for hydroxylation is 2. The molecule has 2 aliphatic rings. The van der Waals surface area contributed by atoms with Crippen LogP contribution >= 0.6 is 0 Å². The number of nitrogen functional groups attached to an aromatic ring is 1. The largest absolute Gasteiger partial charge is 0.384 e. The normalized spacial score (nSPS) is 19.1. The predicted octanol–water partition coefficient (Wildman–Crippen LogP) is 10.1. The number of nitrogens with one attached hydrogen (secondary N) is 1. The lowest BCUT2D eigenvalue weighted by atomic mass is 9.97. The summed E-state index contributed by atoms with van der Waals surface area (Å²) in [7, 11) is 0. The Hall–Kier alpha value is -5.96. The number of nitrogens with zero attached hydrogens (tertiary/aromatic N) is 7. The summed E-state index contributed by atoms with van der Waals surface area (Å²) in [6.07, 6.45) is 14.3. The average molecular weight is 874 g/mol. The van der Waals surface area contributed by atoms with Gasteiger partial charge in [0, 0.05) is 53.9 Å². The van der Waals surface area contributed by atoms with E-state index in [0.717, 1.165) is 73.7 Å². The zero-order valence-electron chi connectivity index (χ0n) is 38.9. The summed E-state index contributed by atoms with van der Waals surface area (Å²) >= 11 is 0. The molecule has 340 valence electrons. The fourth-order valence-corrected chi connectivity index (χ4v) is 10.1. The molecule has 0 amide bonds. The number of nitriles is 1. The van der Waals surface area contributed by atoms with Gasteiger partial charge in [-0.2, -0.15) is 5.26 Å². The highest BCUT2D eigenvalue weighted by Gasteiger charge is 2.25. The van der Waals surface area contributed by atoms with E-state index in [2.05, 4.69) is 53.5 Å². The minimum atomic E-state index is -0.0901. The van der Waals surface area contributed by atoms with Crippen LogP contribution in [0.5, 0.6) is 0 Å². The molecular weight excluding hydrogens is 807 g/mol. The molecule has 6 aromatic rings. The predicted molar refractivity (Wildman–Crippen MR) is 265 cm³/mol. The van der Waals surface area contributed by atoms with Crippen LogP contribution in [0.2, 0.25) is 0 Å². The van der Waals surface area contributed by atoms with E-state index in [1.54, 1.807) is 30.3 Å². The van der Waals surface area contributed by atoms with Gasteiger partial charge in [0.15, 0.2) is 0 Å². The first-order chi connectivity index (χ1) is 31.5. The second-order valence-corrected chi connectivity index (χ2v) is 18.4. The fourth-order valence-electron chi connectivity index (χ4n) is 10.1. The maximum atomic E-state index is 13.5. The van der Waals surface area contributed by atoms with Crippen molar-refractivity contribution in [2.75, 3.05) is 13.1 Å². The third-order valence-electron chi connectivity index (χ3n) is 13.8. The lowest BCUT2D eigenvalue weighted by Gasteiger charge is -2.39. The molecule has 11 nitrogen and oxygen atoms in total. The van der Waals surface area contributed by atoms with Crippen molar-refractivity contribution in [3.8, 4) is 28.6 Å². The van der Waals surface area contributed by atoms with Gasteiger partial charge in [0.25, 0.3) is 11.1 Å². The molecule has 0 radical (unpaired) electrons. The Kier molecular flexibility index (Phi) is 16.1. The van der Waals surface area contributed by atoms with Gasteiger partial charge in [-0.05, 0) is 135 Å². The maximum absolute atomic E-state index is 13.5. The highest BCUT2D eigenvalue weighted by Crippen LogP contribution is 2.26. The molecule has 8 rings (SSSR count). The van der Waals surface area contributed by atoms with E-state index in [4.69, 9.17) is 11.1 Å². The second kappa shape index (κ2) is 22.3. The molecule has 0 bridgehead atoms. The molecule has 0 spiro atoms. The van der Waals surface area contributed by atoms with Crippen molar-refractivity contribution in [2.24, 2.45) is 5.73 Å². The van der Waals surface area contributed by atoms with Crippen molar-refractivity contribution in [2.45, 2.75) is 142 Å². The average Bonchev–Trinajstić information content (AvgIpc) is 3.31. The summed E-state index contributed by atoms with van der Waals surface area (Å²) in [5.41, 5.74) is 12.2. The van der Waals surface area contributed by atoms with Gasteiger partial charge in [0.05, 0.1) is 33.7 Å². The Morgan fingerprint density at radius 1 is 0.600 bits per heavy atom. The number of benzene rings is 4. The Labute approximate surface area is 384 Å². The van der Waals surface area contributed by atoms with Crippen LogP contribution in [0, 0.1) is 16.7 Å². The lowest BCUT2D eigenvalue weighted by Crippen LogP contribution is -2.44. The maximum Gasteiger partial charge on any atom is 0.277 e. The molecule has 4 aromatic carbocycles. The molecule has 65 heavy (non-hydrogen) atoms. The zero-order valence-corrected chi connectivity index (χ0v) is 38.9. The molecule has 2 aromatic heterocycles. The minimum absolute atomic E-state index is 0.0182. The first-order valence-corrected chi connectivity index (χ1v) is 24.0. The van der Waals surface area contributed by atoms with Gasteiger partial charge in [0.2, 0.25) is 0 Å². The van der Waals surface area contributed by atoms with E-state index >= 15 is 0 Å². The topological polar surface area (TPSA) is 150 Å². The van der Waals surface area contributed by atoms with Gasteiger partial charge < -0.3 is 14.9 Å². The number of nitrogens with two attached hydrogens (primary N) is 1. The quantitative estimate of drug-likeness (QED) is 0.0588. The van der Waals surface area contributed by atoms with Crippen molar-refractivity contribution in [3.63, 3.8) is 0 Å².